The van der Waals surface area contributed by atoms with Crippen molar-refractivity contribution in [3.63, 3.8) is 0 Å². The Kier molecular flexibility index (Phi) is 4.06. The number of hydrogen-bond acceptors (Lipinski definition) is 4. The maximum Gasteiger partial charge on any atom is 0.416 e. The molecule has 0 aliphatic heterocycles. The average Bonchev–Trinajstić information content (AvgIpc) is 2.26. The zero-order chi connectivity index (χ0) is 13.1. The van der Waals surface area contributed by atoms with Crippen molar-refractivity contribution < 1.29 is 23.0 Å². The molecule has 4 N–H and O–H groups in total. The third-order valence-corrected chi connectivity index (χ3v) is 2.15. The number of hydrogen-bond donors (Lipinski definition) is 3. The smallest absolute Gasteiger partial charge is 0.416 e. The van der Waals surface area contributed by atoms with E-state index in [-0.39, 0.29) is 11.4 Å². The second-order valence-corrected chi connectivity index (χ2v) is 3.36. The first-order chi connectivity index (χ1) is 7.86. The molecule has 0 fully saturated rings. The van der Waals surface area contributed by atoms with E-state index in [0.29, 0.717) is 5.75 Å². The van der Waals surface area contributed by atoms with Crippen LogP contribution in [0.5, 0.6) is 5.75 Å². The molecule has 0 aliphatic carbocycles. The second-order valence-electron chi connectivity index (χ2n) is 3.36. The highest BCUT2D eigenvalue weighted by molar-refractivity contribution is 5.72. The number of rotatable bonds is 4. The van der Waals surface area contributed by atoms with Crippen LogP contribution >= 0.6 is 0 Å². The predicted octanol–water partition coefficient (Wildman–Crippen LogP) is 1.61. The molecule has 1 unspecified atom stereocenters. The summed E-state index contributed by atoms with van der Waals surface area (Å²) in [6.45, 7) is -0.666. The van der Waals surface area contributed by atoms with Crippen molar-refractivity contribution >= 4 is 11.4 Å². The highest BCUT2D eigenvalue weighted by atomic mass is 19.4. The molecule has 1 aromatic carbocycles. The van der Waals surface area contributed by atoms with Crippen molar-refractivity contribution in [2.75, 3.05) is 24.7 Å². The first kappa shape index (κ1) is 13.4. The Balaban J connectivity index is 2.70. The van der Waals surface area contributed by atoms with Crippen LogP contribution in [0.1, 0.15) is 0 Å². The van der Waals surface area contributed by atoms with E-state index in [4.69, 9.17) is 15.6 Å². The normalized spacial score (nSPS) is 13.2. The van der Waals surface area contributed by atoms with Gasteiger partial charge in [0.15, 0.2) is 6.10 Å². The Hall–Kier alpha value is -1.63. The Morgan fingerprint density at radius 1 is 1.47 bits per heavy atom. The van der Waals surface area contributed by atoms with Gasteiger partial charge in [-0.2, -0.15) is 13.2 Å². The quantitative estimate of drug-likeness (QED) is 0.710. The number of methoxy groups -OCH3 is 1. The fraction of sp³-hybridized carbons (Fsp3) is 0.400. The summed E-state index contributed by atoms with van der Waals surface area (Å²) in [5.41, 5.74) is 6.12. The van der Waals surface area contributed by atoms with Gasteiger partial charge in [-0.05, 0) is 12.1 Å². The zero-order valence-electron chi connectivity index (χ0n) is 9.08. The number of aliphatic hydroxyl groups excluding tert-OH is 1. The number of nitrogens with one attached hydrogen (secondary N) is 1. The third kappa shape index (κ3) is 3.42. The number of alkyl halides is 3. The molecule has 0 aromatic heterocycles. The molecule has 0 amide bonds. The van der Waals surface area contributed by atoms with Gasteiger partial charge in [0, 0.05) is 6.54 Å². The van der Waals surface area contributed by atoms with Crippen molar-refractivity contribution in [1.82, 2.24) is 0 Å². The second kappa shape index (κ2) is 5.13. The standard InChI is InChI=1S/C10H13F3N2O2/c1-17-7-4-2-3-6(9(7)14)15-5-8(16)10(11,12)13/h2-4,8,15-16H,5,14H2,1H3. The fourth-order valence-electron chi connectivity index (χ4n) is 1.20. The van der Waals surface area contributed by atoms with Crippen LogP contribution in [0.15, 0.2) is 18.2 Å². The molecule has 0 spiro atoms. The van der Waals surface area contributed by atoms with Crippen LogP contribution in [0.3, 0.4) is 0 Å². The lowest BCUT2D eigenvalue weighted by atomic mass is 10.2. The Labute approximate surface area is 96.2 Å². The van der Waals surface area contributed by atoms with Crippen LogP contribution in [-0.4, -0.2) is 31.0 Å². The van der Waals surface area contributed by atoms with E-state index in [0.717, 1.165) is 0 Å². The van der Waals surface area contributed by atoms with E-state index in [1.807, 2.05) is 0 Å². The first-order valence-electron chi connectivity index (χ1n) is 4.77. The van der Waals surface area contributed by atoms with Crippen LogP contribution in [0, 0.1) is 0 Å². The molecule has 17 heavy (non-hydrogen) atoms. The summed E-state index contributed by atoms with van der Waals surface area (Å²) in [5, 5.41) is 11.2. The van der Waals surface area contributed by atoms with E-state index < -0.39 is 18.8 Å². The van der Waals surface area contributed by atoms with E-state index >= 15 is 0 Å². The molecule has 0 saturated carbocycles. The molecule has 96 valence electrons. The largest absolute Gasteiger partial charge is 0.495 e. The molecular weight excluding hydrogens is 237 g/mol. The number of ether oxygens (including phenoxy) is 1. The molecule has 7 heteroatoms. The van der Waals surface area contributed by atoms with E-state index in [1.54, 1.807) is 12.1 Å². The van der Waals surface area contributed by atoms with Crippen molar-refractivity contribution in [2.24, 2.45) is 0 Å². The topological polar surface area (TPSA) is 67.5 Å². The number of halogens is 3. The molecule has 0 radical (unpaired) electrons. The summed E-state index contributed by atoms with van der Waals surface area (Å²) in [5.74, 6) is 0.358. The van der Waals surface area contributed by atoms with Crippen LogP contribution in [0.25, 0.3) is 0 Å². The number of benzene rings is 1. The number of para-hydroxylation sites is 1. The van der Waals surface area contributed by atoms with Crippen LogP contribution in [0.2, 0.25) is 0 Å². The maximum atomic E-state index is 12.1. The van der Waals surface area contributed by atoms with Crippen LogP contribution < -0.4 is 15.8 Å². The minimum atomic E-state index is -4.65. The highest BCUT2D eigenvalue weighted by Gasteiger charge is 2.37. The van der Waals surface area contributed by atoms with E-state index in [2.05, 4.69) is 5.32 Å². The van der Waals surface area contributed by atoms with Crippen LogP contribution in [0.4, 0.5) is 24.5 Å². The maximum absolute atomic E-state index is 12.1. The summed E-state index contributed by atoms with van der Waals surface area (Å²) in [6, 6.07) is 4.67. The molecule has 4 nitrogen and oxygen atoms in total. The number of anilines is 2. The van der Waals surface area contributed by atoms with Gasteiger partial charge in [0.2, 0.25) is 0 Å². The SMILES string of the molecule is COc1cccc(NCC(O)C(F)(F)F)c1N. The van der Waals surface area contributed by atoms with Gasteiger partial charge < -0.3 is 20.9 Å². The molecule has 0 aliphatic rings. The Bertz CT molecular complexity index is 382. The van der Waals surface area contributed by atoms with Gasteiger partial charge >= 0.3 is 6.18 Å². The molecular formula is C10H13F3N2O2. The minimum absolute atomic E-state index is 0.198. The van der Waals surface area contributed by atoms with Crippen molar-refractivity contribution in [2.45, 2.75) is 12.3 Å². The summed E-state index contributed by atoms with van der Waals surface area (Å²) >= 11 is 0. The van der Waals surface area contributed by atoms with Gasteiger partial charge in [-0.1, -0.05) is 6.07 Å². The van der Waals surface area contributed by atoms with E-state index in [9.17, 15) is 13.2 Å². The van der Waals surface area contributed by atoms with Gasteiger partial charge in [-0.25, -0.2) is 0 Å². The highest BCUT2D eigenvalue weighted by Crippen LogP contribution is 2.29. The first-order valence-corrected chi connectivity index (χ1v) is 4.77. The van der Waals surface area contributed by atoms with Crippen molar-refractivity contribution in [3.8, 4) is 5.75 Å². The lowest BCUT2D eigenvalue weighted by molar-refractivity contribution is -0.198. The van der Waals surface area contributed by atoms with Gasteiger partial charge in [-0.3, -0.25) is 0 Å². The summed E-state index contributed by atoms with van der Waals surface area (Å²) in [7, 11) is 1.40. The van der Waals surface area contributed by atoms with Gasteiger partial charge in [0.1, 0.15) is 5.75 Å². The lowest BCUT2D eigenvalue weighted by Gasteiger charge is -2.17. The predicted molar refractivity (Wildman–Crippen MR) is 58.0 cm³/mol. The number of nitrogens with two attached hydrogens (primary N) is 1. The number of nitrogen functional groups attached to an aromatic ring is 1. The van der Waals surface area contributed by atoms with E-state index in [1.165, 1.54) is 13.2 Å². The molecule has 1 atom stereocenters. The molecule has 0 bridgehead atoms. The molecule has 0 heterocycles. The van der Waals surface area contributed by atoms with Gasteiger partial charge in [-0.15, -0.1) is 0 Å². The summed E-state index contributed by atoms with van der Waals surface area (Å²) in [4.78, 5) is 0. The molecule has 0 saturated heterocycles. The Morgan fingerprint density at radius 3 is 2.65 bits per heavy atom. The summed E-state index contributed by atoms with van der Waals surface area (Å²) in [6.07, 6.45) is -7.09. The molecule has 1 rings (SSSR count). The fourth-order valence-corrected chi connectivity index (χ4v) is 1.20. The van der Waals surface area contributed by atoms with Gasteiger partial charge in [0.25, 0.3) is 0 Å². The third-order valence-electron chi connectivity index (χ3n) is 2.15. The minimum Gasteiger partial charge on any atom is -0.495 e. The average molecular weight is 250 g/mol. The monoisotopic (exact) mass is 250 g/mol. The lowest BCUT2D eigenvalue weighted by Crippen LogP contribution is -2.35. The van der Waals surface area contributed by atoms with Crippen molar-refractivity contribution in [1.29, 1.82) is 0 Å². The van der Waals surface area contributed by atoms with Crippen LogP contribution in [-0.2, 0) is 0 Å². The Morgan fingerprint density at radius 2 is 2.12 bits per heavy atom. The molecule has 1 aromatic rings. The zero-order valence-corrected chi connectivity index (χ0v) is 9.08. The number of aliphatic hydroxyl groups is 1. The van der Waals surface area contributed by atoms with Gasteiger partial charge in [0.05, 0.1) is 18.5 Å². The summed E-state index contributed by atoms with van der Waals surface area (Å²) < 4.78 is 41.1. The van der Waals surface area contributed by atoms with Crippen molar-refractivity contribution in [3.05, 3.63) is 18.2 Å².